The van der Waals surface area contributed by atoms with Crippen molar-refractivity contribution in [2.45, 2.75) is 19.8 Å². The van der Waals surface area contributed by atoms with Gasteiger partial charge >= 0.3 is 0 Å². The molecule has 0 aliphatic carbocycles. The van der Waals surface area contributed by atoms with Gasteiger partial charge in [0.25, 0.3) is 0 Å². The van der Waals surface area contributed by atoms with Crippen molar-refractivity contribution in [2.24, 2.45) is 0 Å². The van der Waals surface area contributed by atoms with Gasteiger partial charge in [-0.25, -0.2) is 0 Å². The Labute approximate surface area is 96.3 Å². The highest BCUT2D eigenvalue weighted by molar-refractivity contribution is 5.83. The van der Waals surface area contributed by atoms with Crippen molar-refractivity contribution < 1.29 is 4.79 Å². The van der Waals surface area contributed by atoms with Crippen LogP contribution in [0.25, 0.3) is 0 Å². The van der Waals surface area contributed by atoms with Crippen LogP contribution >= 0.6 is 0 Å². The van der Waals surface area contributed by atoms with Gasteiger partial charge in [-0.1, -0.05) is 24.3 Å². The fourth-order valence-corrected chi connectivity index (χ4v) is 1.37. The van der Waals surface area contributed by atoms with E-state index in [1.165, 1.54) is 0 Å². The van der Waals surface area contributed by atoms with Gasteiger partial charge < -0.3 is 11.1 Å². The van der Waals surface area contributed by atoms with Crippen molar-refractivity contribution in [3.8, 4) is 0 Å². The molecule has 0 radical (unpaired) electrons. The molecule has 0 heterocycles. The predicted octanol–water partition coefficient (Wildman–Crippen LogP) is 2.06. The minimum absolute atomic E-state index is 0.00593. The van der Waals surface area contributed by atoms with Crippen LogP contribution in [-0.2, 0) is 4.79 Å². The van der Waals surface area contributed by atoms with Crippen LogP contribution in [-0.4, -0.2) is 12.5 Å². The molecule has 0 aliphatic heterocycles. The van der Waals surface area contributed by atoms with E-state index in [-0.39, 0.29) is 11.8 Å². The van der Waals surface area contributed by atoms with Gasteiger partial charge in [0.05, 0.1) is 5.92 Å². The van der Waals surface area contributed by atoms with Crippen LogP contribution in [0.15, 0.2) is 36.4 Å². The molecule has 1 aromatic rings. The summed E-state index contributed by atoms with van der Waals surface area (Å²) < 4.78 is 0. The van der Waals surface area contributed by atoms with Crippen molar-refractivity contribution >= 4 is 11.6 Å². The van der Waals surface area contributed by atoms with Gasteiger partial charge in [0.2, 0.25) is 5.91 Å². The Hall–Kier alpha value is -1.77. The van der Waals surface area contributed by atoms with Crippen LogP contribution in [0.3, 0.4) is 0 Å². The molecule has 1 atom stereocenters. The molecule has 0 fully saturated rings. The smallest absolute Gasteiger partial charge is 0.227 e. The lowest BCUT2D eigenvalue weighted by Crippen LogP contribution is -2.29. The fourth-order valence-electron chi connectivity index (χ4n) is 1.37. The normalized spacial score (nSPS) is 11.9. The summed E-state index contributed by atoms with van der Waals surface area (Å²) >= 11 is 0. The van der Waals surface area contributed by atoms with E-state index < -0.39 is 0 Å². The van der Waals surface area contributed by atoms with Crippen molar-refractivity contribution in [3.63, 3.8) is 0 Å². The topological polar surface area (TPSA) is 55.1 Å². The summed E-state index contributed by atoms with van der Waals surface area (Å²) in [6, 6.07) is 7.39. The molecule has 0 saturated heterocycles. The number of benzene rings is 1. The van der Waals surface area contributed by atoms with Gasteiger partial charge in [-0.05, 0) is 31.5 Å². The monoisotopic (exact) mass is 218 g/mol. The summed E-state index contributed by atoms with van der Waals surface area (Å²) in [5, 5.41) is 2.82. The number of anilines is 1. The van der Waals surface area contributed by atoms with Crippen LogP contribution in [0.1, 0.15) is 25.3 Å². The van der Waals surface area contributed by atoms with Crippen LogP contribution in [0, 0.1) is 0 Å². The van der Waals surface area contributed by atoms with Crippen LogP contribution in [0.2, 0.25) is 0 Å². The summed E-state index contributed by atoms with van der Waals surface area (Å²) in [4.78, 5) is 11.8. The number of rotatable bonds is 4. The molecule has 0 saturated carbocycles. The number of hydrogen-bond donors (Lipinski definition) is 2. The molecule has 1 aromatic carbocycles. The van der Waals surface area contributed by atoms with E-state index in [2.05, 4.69) is 11.9 Å². The van der Waals surface area contributed by atoms with Gasteiger partial charge in [-0.2, -0.15) is 0 Å². The quantitative estimate of drug-likeness (QED) is 0.600. The summed E-state index contributed by atoms with van der Waals surface area (Å²) in [6.07, 6.45) is 0. The first-order valence-corrected chi connectivity index (χ1v) is 5.28. The van der Waals surface area contributed by atoms with Crippen molar-refractivity contribution in [1.82, 2.24) is 5.32 Å². The summed E-state index contributed by atoms with van der Waals surface area (Å²) in [7, 11) is 0. The minimum Gasteiger partial charge on any atom is -0.399 e. The average molecular weight is 218 g/mol. The maximum Gasteiger partial charge on any atom is 0.227 e. The number of carbonyl (C=O) groups excluding carboxylic acids is 1. The SMILES string of the molecule is C=C(C)CNC(=O)C(C)c1cccc(N)c1. The molecule has 1 unspecified atom stereocenters. The Kier molecular flexibility index (Phi) is 4.11. The number of carbonyl (C=O) groups is 1. The first-order chi connectivity index (χ1) is 7.50. The van der Waals surface area contributed by atoms with Crippen molar-refractivity contribution in [1.29, 1.82) is 0 Å². The highest BCUT2D eigenvalue weighted by Gasteiger charge is 2.14. The highest BCUT2D eigenvalue weighted by Crippen LogP contribution is 2.17. The summed E-state index contributed by atoms with van der Waals surface area (Å²) in [5.74, 6) is -0.198. The molecular formula is C13H18N2O. The largest absolute Gasteiger partial charge is 0.399 e. The lowest BCUT2D eigenvalue weighted by atomic mass is 10.00. The van der Waals surface area contributed by atoms with Crippen LogP contribution < -0.4 is 11.1 Å². The molecule has 0 spiro atoms. The zero-order chi connectivity index (χ0) is 12.1. The number of hydrogen-bond acceptors (Lipinski definition) is 2. The standard InChI is InChI=1S/C13H18N2O/c1-9(2)8-15-13(16)10(3)11-5-4-6-12(14)7-11/h4-7,10H,1,8,14H2,2-3H3,(H,15,16). The number of nitrogens with one attached hydrogen (secondary N) is 1. The number of nitrogens with two attached hydrogens (primary N) is 1. The maximum absolute atomic E-state index is 11.8. The van der Waals surface area contributed by atoms with Gasteiger partial charge in [0.1, 0.15) is 0 Å². The molecule has 0 aromatic heterocycles. The van der Waals surface area contributed by atoms with Gasteiger partial charge in [0.15, 0.2) is 0 Å². The number of amides is 1. The Bertz CT molecular complexity index is 399. The van der Waals surface area contributed by atoms with E-state index in [9.17, 15) is 4.79 Å². The average Bonchev–Trinajstić information content (AvgIpc) is 2.24. The van der Waals surface area contributed by atoms with E-state index >= 15 is 0 Å². The first kappa shape index (κ1) is 12.3. The van der Waals surface area contributed by atoms with E-state index in [1.807, 2.05) is 38.1 Å². The molecule has 1 amide bonds. The second-order valence-electron chi connectivity index (χ2n) is 4.07. The molecule has 1 rings (SSSR count). The van der Waals surface area contributed by atoms with E-state index in [0.717, 1.165) is 11.1 Å². The first-order valence-electron chi connectivity index (χ1n) is 5.28. The van der Waals surface area contributed by atoms with Gasteiger partial charge in [-0.15, -0.1) is 0 Å². The Morgan fingerprint density at radius 2 is 2.25 bits per heavy atom. The van der Waals surface area contributed by atoms with E-state index in [4.69, 9.17) is 5.73 Å². The predicted molar refractivity (Wildman–Crippen MR) is 67.1 cm³/mol. The molecule has 3 N–H and O–H groups in total. The lowest BCUT2D eigenvalue weighted by molar-refractivity contribution is -0.122. The lowest BCUT2D eigenvalue weighted by Gasteiger charge is -2.12. The summed E-state index contributed by atoms with van der Waals surface area (Å²) in [6.45, 7) is 8.00. The van der Waals surface area contributed by atoms with Crippen LogP contribution in [0.4, 0.5) is 5.69 Å². The third-order valence-corrected chi connectivity index (χ3v) is 2.37. The Morgan fingerprint density at radius 1 is 1.56 bits per heavy atom. The Balaban J connectivity index is 2.66. The zero-order valence-corrected chi connectivity index (χ0v) is 9.79. The second kappa shape index (κ2) is 5.35. The number of nitrogen functional groups attached to an aromatic ring is 1. The molecule has 0 bridgehead atoms. The minimum atomic E-state index is -0.192. The fraction of sp³-hybridized carbons (Fsp3) is 0.308. The van der Waals surface area contributed by atoms with E-state index in [0.29, 0.717) is 12.2 Å². The molecule has 16 heavy (non-hydrogen) atoms. The highest BCUT2D eigenvalue weighted by atomic mass is 16.1. The van der Waals surface area contributed by atoms with Crippen molar-refractivity contribution in [3.05, 3.63) is 42.0 Å². The zero-order valence-electron chi connectivity index (χ0n) is 9.79. The molecular weight excluding hydrogens is 200 g/mol. The maximum atomic E-state index is 11.8. The molecule has 3 heteroatoms. The van der Waals surface area contributed by atoms with Gasteiger partial charge in [-0.3, -0.25) is 4.79 Å². The molecule has 86 valence electrons. The molecule has 0 aliphatic rings. The third-order valence-electron chi connectivity index (χ3n) is 2.37. The second-order valence-corrected chi connectivity index (χ2v) is 4.07. The van der Waals surface area contributed by atoms with Gasteiger partial charge in [0, 0.05) is 12.2 Å². The third kappa shape index (κ3) is 3.42. The summed E-state index contributed by atoms with van der Waals surface area (Å²) in [5.41, 5.74) is 8.22. The Morgan fingerprint density at radius 3 is 2.81 bits per heavy atom. The van der Waals surface area contributed by atoms with Crippen molar-refractivity contribution in [2.75, 3.05) is 12.3 Å². The van der Waals surface area contributed by atoms with Crippen LogP contribution in [0.5, 0.6) is 0 Å². The molecule has 3 nitrogen and oxygen atoms in total. The van der Waals surface area contributed by atoms with E-state index in [1.54, 1.807) is 0 Å².